The van der Waals surface area contributed by atoms with Crippen molar-refractivity contribution < 1.29 is 4.79 Å². The molecule has 1 amide bonds. The first-order valence-electron chi connectivity index (χ1n) is 10.4. The SMILES string of the molecule is Cc1cccc(C)c1NC(=O)CN(C)CCCCCn1nnc(-c2ccccc2)n1. The summed E-state index contributed by atoms with van der Waals surface area (Å²) in [7, 11) is 1.98. The van der Waals surface area contributed by atoms with Crippen molar-refractivity contribution in [2.75, 3.05) is 25.5 Å². The predicted octanol–water partition coefficient (Wildman–Crippen LogP) is 3.70. The Kier molecular flexibility index (Phi) is 7.68. The summed E-state index contributed by atoms with van der Waals surface area (Å²) >= 11 is 0. The Bertz CT molecular complexity index is 933. The lowest BCUT2D eigenvalue weighted by Gasteiger charge is -2.17. The van der Waals surface area contributed by atoms with Gasteiger partial charge in [0.05, 0.1) is 13.1 Å². The van der Waals surface area contributed by atoms with Crippen molar-refractivity contribution in [3.05, 3.63) is 59.7 Å². The van der Waals surface area contributed by atoms with Crippen molar-refractivity contribution in [1.82, 2.24) is 25.1 Å². The molecular weight excluding hydrogens is 376 g/mol. The molecule has 0 saturated heterocycles. The second kappa shape index (κ2) is 10.6. The van der Waals surface area contributed by atoms with E-state index in [1.807, 2.05) is 69.4 Å². The van der Waals surface area contributed by atoms with Crippen LogP contribution in [0.15, 0.2) is 48.5 Å². The summed E-state index contributed by atoms with van der Waals surface area (Å²) < 4.78 is 0. The number of nitrogens with zero attached hydrogens (tertiary/aromatic N) is 5. The summed E-state index contributed by atoms with van der Waals surface area (Å²) in [4.78, 5) is 16.1. The van der Waals surface area contributed by atoms with E-state index in [2.05, 4.69) is 25.6 Å². The third kappa shape index (κ3) is 6.22. The van der Waals surface area contributed by atoms with E-state index in [4.69, 9.17) is 0 Å². The van der Waals surface area contributed by atoms with Gasteiger partial charge in [-0.2, -0.15) is 4.80 Å². The van der Waals surface area contributed by atoms with Crippen molar-refractivity contribution in [1.29, 1.82) is 0 Å². The van der Waals surface area contributed by atoms with Gasteiger partial charge in [0.2, 0.25) is 11.7 Å². The van der Waals surface area contributed by atoms with Crippen LogP contribution in [0.2, 0.25) is 0 Å². The number of benzene rings is 2. The van der Waals surface area contributed by atoms with Crippen molar-refractivity contribution >= 4 is 11.6 Å². The molecule has 0 atom stereocenters. The van der Waals surface area contributed by atoms with Crippen LogP contribution >= 0.6 is 0 Å². The highest BCUT2D eigenvalue weighted by molar-refractivity contribution is 5.93. The summed E-state index contributed by atoms with van der Waals surface area (Å²) in [6.45, 7) is 6.04. The van der Waals surface area contributed by atoms with Gasteiger partial charge in [-0.05, 0) is 56.6 Å². The lowest BCUT2D eigenvalue weighted by molar-refractivity contribution is -0.117. The number of unbranched alkanes of at least 4 members (excludes halogenated alkanes) is 2. The van der Waals surface area contributed by atoms with Gasteiger partial charge in [-0.1, -0.05) is 55.0 Å². The molecule has 0 spiro atoms. The molecule has 1 heterocycles. The Balaban J connectivity index is 1.34. The molecule has 0 fully saturated rings. The third-order valence-corrected chi connectivity index (χ3v) is 5.04. The Morgan fingerprint density at radius 1 is 1.00 bits per heavy atom. The maximum absolute atomic E-state index is 12.3. The minimum absolute atomic E-state index is 0.0233. The molecule has 7 heteroatoms. The number of amides is 1. The highest BCUT2D eigenvalue weighted by Crippen LogP contribution is 2.19. The second-order valence-electron chi connectivity index (χ2n) is 7.69. The van der Waals surface area contributed by atoms with Crippen LogP contribution in [0, 0.1) is 13.8 Å². The van der Waals surface area contributed by atoms with Gasteiger partial charge in [0.1, 0.15) is 0 Å². The van der Waals surface area contributed by atoms with Gasteiger partial charge < -0.3 is 5.32 Å². The molecular formula is C23H30N6O. The van der Waals surface area contributed by atoms with Crippen LogP contribution in [-0.4, -0.2) is 51.2 Å². The summed E-state index contributed by atoms with van der Waals surface area (Å²) in [5.74, 6) is 0.681. The minimum Gasteiger partial charge on any atom is -0.324 e. The molecule has 0 aliphatic heterocycles. The number of para-hydroxylation sites is 1. The largest absolute Gasteiger partial charge is 0.324 e. The van der Waals surface area contributed by atoms with Gasteiger partial charge in [-0.25, -0.2) is 0 Å². The highest BCUT2D eigenvalue weighted by Gasteiger charge is 2.10. The summed E-state index contributed by atoms with van der Waals surface area (Å²) in [6, 6.07) is 15.9. The van der Waals surface area contributed by atoms with Crippen LogP contribution in [0.4, 0.5) is 5.69 Å². The van der Waals surface area contributed by atoms with Crippen LogP contribution in [0.5, 0.6) is 0 Å². The normalized spacial score (nSPS) is 11.1. The molecule has 1 aromatic heterocycles. The first kappa shape index (κ1) is 21.6. The number of likely N-dealkylation sites (N-methyl/N-ethyl adjacent to an activating group) is 1. The number of nitrogens with one attached hydrogen (secondary N) is 1. The molecule has 7 nitrogen and oxygen atoms in total. The minimum atomic E-state index is 0.0233. The van der Waals surface area contributed by atoms with E-state index in [0.717, 1.165) is 54.7 Å². The van der Waals surface area contributed by atoms with Crippen LogP contribution in [0.25, 0.3) is 11.4 Å². The monoisotopic (exact) mass is 406 g/mol. The van der Waals surface area contributed by atoms with E-state index >= 15 is 0 Å². The van der Waals surface area contributed by atoms with E-state index < -0.39 is 0 Å². The smallest absolute Gasteiger partial charge is 0.238 e. The van der Waals surface area contributed by atoms with Gasteiger partial charge >= 0.3 is 0 Å². The quantitative estimate of drug-likeness (QED) is 0.520. The average Bonchev–Trinajstić information content (AvgIpc) is 3.20. The van der Waals surface area contributed by atoms with Gasteiger partial charge in [0.25, 0.3) is 0 Å². The lowest BCUT2D eigenvalue weighted by atomic mass is 10.1. The number of aromatic nitrogens is 4. The van der Waals surface area contributed by atoms with E-state index in [1.165, 1.54) is 0 Å². The summed E-state index contributed by atoms with van der Waals surface area (Å²) in [5, 5.41) is 15.7. The molecule has 1 N–H and O–H groups in total. The summed E-state index contributed by atoms with van der Waals surface area (Å²) in [6.07, 6.45) is 3.05. The molecule has 0 aliphatic carbocycles. The molecule has 3 aromatic rings. The summed E-state index contributed by atoms with van der Waals surface area (Å²) in [5.41, 5.74) is 4.07. The Morgan fingerprint density at radius 2 is 1.73 bits per heavy atom. The molecule has 0 radical (unpaired) electrons. The number of hydrogen-bond donors (Lipinski definition) is 1. The van der Waals surface area contributed by atoms with Crippen molar-refractivity contribution in [3.63, 3.8) is 0 Å². The van der Waals surface area contributed by atoms with Crippen LogP contribution in [-0.2, 0) is 11.3 Å². The molecule has 0 unspecified atom stereocenters. The molecule has 158 valence electrons. The molecule has 30 heavy (non-hydrogen) atoms. The van der Waals surface area contributed by atoms with Gasteiger partial charge in [0, 0.05) is 11.3 Å². The zero-order valence-electron chi connectivity index (χ0n) is 18.0. The maximum Gasteiger partial charge on any atom is 0.238 e. The zero-order valence-corrected chi connectivity index (χ0v) is 18.0. The maximum atomic E-state index is 12.3. The first-order valence-corrected chi connectivity index (χ1v) is 10.4. The van der Waals surface area contributed by atoms with E-state index in [1.54, 1.807) is 4.80 Å². The lowest BCUT2D eigenvalue weighted by Crippen LogP contribution is -2.31. The fraction of sp³-hybridized carbons (Fsp3) is 0.391. The van der Waals surface area contributed by atoms with Crippen molar-refractivity contribution in [3.8, 4) is 11.4 Å². The van der Waals surface area contributed by atoms with Crippen LogP contribution < -0.4 is 5.32 Å². The zero-order chi connectivity index (χ0) is 21.3. The number of carbonyl (C=O) groups excluding carboxylic acids is 1. The number of carbonyl (C=O) groups is 1. The predicted molar refractivity (Wildman–Crippen MR) is 119 cm³/mol. The fourth-order valence-electron chi connectivity index (χ4n) is 3.37. The average molecular weight is 407 g/mol. The van der Waals surface area contributed by atoms with Crippen molar-refractivity contribution in [2.24, 2.45) is 0 Å². The standard InChI is InChI=1S/C23H30N6O/c1-18-11-10-12-19(2)22(18)24-21(30)17-28(3)15-8-5-9-16-29-26-23(25-27-29)20-13-6-4-7-14-20/h4,6-7,10-14H,5,8-9,15-17H2,1-3H3,(H,24,30). The molecule has 2 aromatic carbocycles. The van der Waals surface area contributed by atoms with Gasteiger partial charge in [-0.3, -0.25) is 9.69 Å². The number of anilines is 1. The second-order valence-corrected chi connectivity index (χ2v) is 7.69. The van der Waals surface area contributed by atoms with Crippen LogP contribution in [0.1, 0.15) is 30.4 Å². The number of rotatable bonds is 10. The number of tetrazole rings is 1. The molecule has 0 bridgehead atoms. The van der Waals surface area contributed by atoms with Crippen molar-refractivity contribution in [2.45, 2.75) is 39.7 Å². The number of hydrogen-bond acceptors (Lipinski definition) is 5. The fourth-order valence-corrected chi connectivity index (χ4v) is 3.37. The Hall–Kier alpha value is -3.06. The third-order valence-electron chi connectivity index (χ3n) is 5.04. The van der Waals surface area contributed by atoms with Gasteiger partial charge in [-0.15, -0.1) is 10.2 Å². The van der Waals surface area contributed by atoms with Crippen LogP contribution in [0.3, 0.4) is 0 Å². The first-order chi connectivity index (χ1) is 14.5. The Labute approximate surface area is 178 Å². The molecule has 0 saturated carbocycles. The molecule has 3 rings (SSSR count). The van der Waals surface area contributed by atoms with E-state index in [0.29, 0.717) is 12.4 Å². The number of aryl methyl sites for hydroxylation is 3. The van der Waals surface area contributed by atoms with E-state index in [-0.39, 0.29) is 5.91 Å². The van der Waals surface area contributed by atoms with Gasteiger partial charge in [0.15, 0.2) is 0 Å². The Morgan fingerprint density at radius 3 is 2.47 bits per heavy atom. The topological polar surface area (TPSA) is 75.9 Å². The molecule has 0 aliphatic rings. The highest BCUT2D eigenvalue weighted by atomic mass is 16.2. The van der Waals surface area contributed by atoms with E-state index in [9.17, 15) is 4.79 Å².